The van der Waals surface area contributed by atoms with Gasteiger partial charge in [0.2, 0.25) is 16.7 Å². The summed E-state index contributed by atoms with van der Waals surface area (Å²) in [6.45, 7) is 4.94. The van der Waals surface area contributed by atoms with Crippen LogP contribution in [-0.2, 0) is 15.7 Å². The van der Waals surface area contributed by atoms with Gasteiger partial charge in [-0.3, -0.25) is 4.79 Å². The molecule has 0 amide bonds. The van der Waals surface area contributed by atoms with E-state index < -0.39 is 16.8 Å². The fourth-order valence-electron chi connectivity index (χ4n) is 2.29. The number of hydrogen-bond donors (Lipinski definition) is 0. The number of alkyl halides is 4. The lowest BCUT2D eigenvalue weighted by atomic mass is 10.0. The standard InChI is InChI=1S/C15H15BrF3NO2/c1-3-20(4-2)14-11(12(21)13(16)22-14)9-6-5-7-10(8-9)15(17,18)19/h5-8,13H,3-4H2,1-2H3. The average molecular weight is 378 g/mol. The molecule has 7 heteroatoms. The maximum Gasteiger partial charge on any atom is 0.416 e. The van der Waals surface area contributed by atoms with E-state index in [1.807, 2.05) is 13.8 Å². The van der Waals surface area contributed by atoms with Crippen molar-refractivity contribution in [1.82, 2.24) is 4.90 Å². The summed E-state index contributed by atoms with van der Waals surface area (Å²) in [7, 11) is 0. The molecular weight excluding hydrogens is 363 g/mol. The third-order valence-electron chi connectivity index (χ3n) is 3.41. The molecule has 0 aliphatic carbocycles. The number of Topliss-reactive ketones (excluding diaryl/α,β-unsaturated/α-hetero) is 1. The maximum absolute atomic E-state index is 12.9. The molecule has 22 heavy (non-hydrogen) atoms. The van der Waals surface area contributed by atoms with Gasteiger partial charge in [0.25, 0.3) is 0 Å². The van der Waals surface area contributed by atoms with Crippen LogP contribution in [0.5, 0.6) is 0 Å². The van der Waals surface area contributed by atoms with E-state index in [1.54, 1.807) is 4.90 Å². The molecule has 0 radical (unpaired) electrons. The fraction of sp³-hybridized carbons (Fsp3) is 0.400. The van der Waals surface area contributed by atoms with Crippen LogP contribution in [0.3, 0.4) is 0 Å². The molecule has 0 bridgehead atoms. The molecule has 0 saturated heterocycles. The number of halogens is 4. The first kappa shape index (κ1) is 16.9. The summed E-state index contributed by atoms with van der Waals surface area (Å²) in [5.74, 6) is -0.0579. The predicted octanol–water partition coefficient (Wildman–Crippen LogP) is 4.04. The van der Waals surface area contributed by atoms with Gasteiger partial charge in [0.05, 0.1) is 11.1 Å². The summed E-state index contributed by atoms with van der Waals surface area (Å²) in [5.41, 5.74) is -0.400. The van der Waals surface area contributed by atoms with Gasteiger partial charge in [0.15, 0.2) is 0 Å². The van der Waals surface area contributed by atoms with Crippen LogP contribution in [-0.4, -0.2) is 28.8 Å². The van der Waals surface area contributed by atoms with Gasteiger partial charge in [0, 0.05) is 13.1 Å². The van der Waals surface area contributed by atoms with Crippen LogP contribution < -0.4 is 0 Å². The Hall–Kier alpha value is -1.50. The quantitative estimate of drug-likeness (QED) is 0.741. The SMILES string of the molecule is CCN(CC)C1=C(c2cccc(C(F)(F)F)c2)C(=O)C(Br)O1. The van der Waals surface area contributed by atoms with Crippen LogP contribution in [0.2, 0.25) is 0 Å². The van der Waals surface area contributed by atoms with Crippen molar-refractivity contribution in [1.29, 1.82) is 0 Å². The molecule has 2 rings (SSSR count). The van der Waals surface area contributed by atoms with Crippen molar-refractivity contribution in [2.75, 3.05) is 13.1 Å². The van der Waals surface area contributed by atoms with Gasteiger partial charge in [-0.15, -0.1) is 0 Å². The van der Waals surface area contributed by atoms with Gasteiger partial charge in [-0.05, 0) is 47.5 Å². The van der Waals surface area contributed by atoms with E-state index >= 15 is 0 Å². The number of rotatable bonds is 4. The number of ketones is 1. The summed E-state index contributed by atoms with van der Waals surface area (Å²) in [6.07, 6.45) is -4.46. The molecule has 1 aromatic rings. The highest BCUT2D eigenvalue weighted by Crippen LogP contribution is 2.37. The number of carbonyl (C=O) groups excluding carboxylic acids is 1. The normalized spacial score (nSPS) is 18.6. The largest absolute Gasteiger partial charge is 0.455 e. The average Bonchev–Trinajstić information content (AvgIpc) is 2.75. The van der Waals surface area contributed by atoms with Gasteiger partial charge in [-0.1, -0.05) is 12.1 Å². The molecule has 0 spiro atoms. The zero-order valence-corrected chi connectivity index (χ0v) is 13.7. The van der Waals surface area contributed by atoms with E-state index in [-0.39, 0.29) is 16.9 Å². The van der Waals surface area contributed by atoms with Crippen LogP contribution in [0, 0.1) is 0 Å². The molecule has 0 aromatic heterocycles. The second-order valence-electron chi connectivity index (χ2n) is 4.73. The Kier molecular flexibility index (Phi) is 4.84. The first-order valence-electron chi connectivity index (χ1n) is 6.81. The van der Waals surface area contributed by atoms with Crippen molar-refractivity contribution in [2.45, 2.75) is 25.0 Å². The van der Waals surface area contributed by atoms with Crippen molar-refractivity contribution < 1.29 is 22.7 Å². The molecule has 0 fully saturated rings. The summed E-state index contributed by atoms with van der Waals surface area (Å²) in [5, 5.41) is -0.868. The molecular formula is C15H15BrF3NO2. The van der Waals surface area contributed by atoms with Crippen LogP contribution in [0.25, 0.3) is 5.57 Å². The molecule has 1 atom stereocenters. The minimum Gasteiger partial charge on any atom is -0.455 e. The van der Waals surface area contributed by atoms with E-state index in [0.717, 1.165) is 12.1 Å². The maximum atomic E-state index is 12.9. The third-order valence-corrected chi connectivity index (χ3v) is 4.01. The van der Waals surface area contributed by atoms with Crippen molar-refractivity contribution in [3.63, 3.8) is 0 Å². The lowest BCUT2D eigenvalue weighted by molar-refractivity contribution is -0.137. The van der Waals surface area contributed by atoms with E-state index in [1.165, 1.54) is 12.1 Å². The van der Waals surface area contributed by atoms with Gasteiger partial charge >= 0.3 is 6.18 Å². The van der Waals surface area contributed by atoms with E-state index in [4.69, 9.17) is 4.74 Å². The predicted molar refractivity (Wildman–Crippen MR) is 80.1 cm³/mol. The molecule has 1 unspecified atom stereocenters. The molecule has 1 heterocycles. The van der Waals surface area contributed by atoms with Gasteiger partial charge in [-0.2, -0.15) is 13.2 Å². The summed E-state index contributed by atoms with van der Waals surface area (Å²) >= 11 is 3.10. The van der Waals surface area contributed by atoms with Gasteiger partial charge in [0.1, 0.15) is 0 Å². The topological polar surface area (TPSA) is 29.5 Å². The number of carbonyl (C=O) groups is 1. The smallest absolute Gasteiger partial charge is 0.416 e. The third kappa shape index (κ3) is 3.14. The van der Waals surface area contributed by atoms with Crippen molar-refractivity contribution >= 4 is 27.3 Å². The molecule has 1 aromatic carbocycles. The first-order valence-corrected chi connectivity index (χ1v) is 7.73. The minimum atomic E-state index is -4.46. The monoisotopic (exact) mass is 377 g/mol. The molecule has 3 nitrogen and oxygen atoms in total. The van der Waals surface area contributed by atoms with Gasteiger partial charge < -0.3 is 9.64 Å². The Morgan fingerprint density at radius 2 is 1.91 bits per heavy atom. The number of ether oxygens (including phenoxy) is 1. The molecule has 0 N–H and O–H groups in total. The van der Waals surface area contributed by atoms with Crippen LogP contribution in [0.1, 0.15) is 25.0 Å². The Balaban J connectivity index is 2.55. The van der Waals surface area contributed by atoms with Crippen molar-refractivity contribution in [3.8, 4) is 0 Å². The Labute approximate surface area is 134 Å². The summed E-state index contributed by atoms with van der Waals surface area (Å²) in [4.78, 5) is 14.1. The van der Waals surface area contributed by atoms with E-state index in [0.29, 0.717) is 19.0 Å². The summed E-state index contributed by atoms with van der Waals surface area (Å²) in [6, 6.07) is 4.73. The second kappa shape index (κ2) is 6.32. The highest BCUT2D eigenvalue weighted by Gasteiger charge is 2.37. The fourth-order valence-corrected chi connectivity index (χ4v) is 2.70. The Morgan fingerprint density at radius 3 is 2.45 bits per heavy atom. The Morgan fingerprint density at radius 1 is 1.27 bits per heavy atom. The minimum absolute atomic E-state index is 0.177. The Bertz CT molecular complexity index is 609. The van der Waals surface area contributed by atoms with E-state index in [2.05, 4.69) is 15.9 Å². The van der Waals surface area contributed by atoms with E-state index in [9.17, 15) is 18.0 Å². The molecule has 120 valence electrons. The zero-order chi connectivity index (χ0) is 16.5. The lowest BCUT2D eigenvalue weighted by Gasteiger charge is -2.22. The number of nitrogens with zero attached hydrogens (tertiary/aromatic N) is 1. The first-order chi connectivity index (χ1) is 10.3. The molecule has 1 aliphatic rings. The van der Waals surface area contributed by atoms with Crippen molar-refractivity contribution in [3.05, 3.63) is 41.3 Å². The van der Waals surface area contributed by atoms with Crippen molar-refractivity contribution in [2.24, 2.45) is 0 Å². The second-order valence-corrected chi connectivity index (χ2v) is 5.56. The molecule has 1 aliphatic heterocycles. The van der Waals surface area contributed by atoms with Crippen LogP contribution in [0.4, 0.5) is 13.2 Å². The number of hydrogen-bond acceptors (Lipinski definition) is 3. The van der Waals surface area contributed by atoms with Crippen LogP contribution >= 0.6 is 15.9 Å². The molecule has 0 saturated carbocycles. The highest BCUT2D eigenvalue weighted by molar-refractivity contribution is 9.09. The number of benzene rings is 1. The van der Waals surface area contributed by atoms with Gasteiger partial charge in [-0.25, -0.2) is 0 Å². The summed E-state index contributed by atoms with van der Waals surface area (Å²) < 4.78 is 44.1. The lowest BCUT2D eigenvalue weighted by Crippen LogP contribution is -2.23. The highest BCUT2D eigenvalue weighted by atomic mass is 79.9. The van der Waals surface area contributed by atoms with Crippen LogP contribution in [0.15, 0.2) is 30.1 Å². The zero-order valence-electron chi connectivity index (χ0n) is 12.1.